The molecule has 1 atom stereocenters. The van der Waals surface area contributed by atoms with Crippen molar-refractivity contribution in [1.82, 2.24) is 0 Å². The number of alkyl halides is 3. The van der Waals surface area contributed by atoms with Gasteiger partial charge in [-0.25, -0.2) is 0 Å². The number of rotatable bonds is 3. The summed E-state index contributed by atoms with van der Waals surface area (Å²) in [7, 11) is 0. The molecule has 1 nitrogen and oxygen atoms in total. The van der Waals surface area contributed by atoms with Crippen molar-refractivity contribution in [3.05, 3.63) is 35.4 Å². The predicted octanol–water partition coefficient (Wildman–Crippen LogP) is 5.18. The molecule has 1 fully saturated rings. The highest BCUT2D eigenvalue weighted by Gasteiger charge is 2.42. The molecule has 2 N–H and O–H groups in total. The van der Waals surface area contributed by atoms with Gasteiger partial charge >= 0.3 is 6.18 Å². The van der Waals surface area contributed by atoms with E-state index in [0.29, 0.717) is 18.8 Å². The SMILES string of the molecule is CC(C)c1ccc(C(N)C2CCC(C(F)(F)F)CC2)cc1. The summed E-state index contributed by atoms with van der Waals surface area (Å²) in [6, 6.07) is 8.04. The van der Waals surface area contributed by atoms with Gasteiger partial charge in [0.25, 0.3) is 0 Å². The van der Waals surface area contributed by atoms with E-state index in [4.69, 9.17) is 5.73 Å². The summed E-state index contributed by atoms with van der Waals surface area (Å²) < 4.78 is 38.0. The topological polar surface area (TPSA) is 26.0 Å². The summed E-state index contributed by atoms with van der Waals surface area (Å²) in [6.07, 6.45) is -2.49. The van der Waals surface area contributed by atoms with Gasteiger partial charge in [0.1, 0.15) is 0 Å². The molecule has 0 aromatic heterocycles. The largest absolute Gasteiger partial charge is 0.391 e. The molecule has 118 valence electrons. The molecule has 0 aliphatic heterocycles. The molecule has 0 radical (unpaired) electrons. The third-order valence-corrected chi connectivity index (χ3v) is 4.73. The van der Waals surface area contributed by atoms with Gasteiger partial charge in [0.05, 0.1) is 5.92 Å². The zero-order valence-electron chi connectivity index (χ0n) is 12.7. The second kappa shape index (κ2) is 6.39. The van der Waals surface area contributed by atoms with Gasteiger partial charge in [0, 0.05) is 6.04 Å². The standard InChI is InChI=1S/C17H24F3N/c1-11(2)12-3-5-13(6-4-12)16(21)14-7-9-15(10-8-14)17(18,19)20/h3-6,11,14-16H,7-10,21H2,1-2H3. The molecule has 0 saturated heterocycles. The Bertz CT molecular complexity index is 442. The molecule has 1 aliphatic carbocycles. The number of halogens is 3. The number of hydrogen-bond acceptors (Lipinski definition) is 1. The van der Waals surface area contributed by atoms with E-state index < -0.39 is 12.1 Å². The summed E-state index contributed by atoms with van der Waals surface area (Å²) >= 11 is 0. The third-order valence-electron chi connectivity index (χ3n) is 4.73. The molecule has 4 heteroatoms. The summed E-state index contributed by atoms with van der Waals surface area (Å²) in [6.45, 7) is 4.26. The van der Waals surface area contributed by atoms with Crippen molar-refractivity contribution in [2.24, 2.45) is 17.6 Å². The van der Waals surface area contributed by atoms with E-state index >= 15 is 0 Å². The minimum atomic E-state index is -4.05. The van der Waals surface area contributed by atoms with Crippen LogP contribution in [0.2, 0.25) is 0 Å². The molecule has 21 heavy (non-hydrogen) atoms. The second-order valence-electron chi connectivity index (χ2n) is 6.50. The average Bonchev–Trinajstić information content (AvgIpc) is 2.46. The molecular formula is C17H24F3N. The Kier molecular flexibility index (Phi) is 4.97. The lowest BCUT2D eigenvalue weighted by Crippen LogP contribution is -2.31. The highest BCUT2D eigenvalue weighted by molar-refractivity contribution is 5.27. The van der Waals surface area contributed by atoms with E-state index in [1.807, 2.05) is 12.1 Å². The maximum Gasteiger partial charge on any atom is 0.391 e. The monoisotopic (exact) mass is 299 g/mol. The van der Waals surface area contributed by atoms with Crippen LogP contribution in [-0.2, 0) is 0 Å². The van der Waals surface area contributed by atoms with Gasteiger partial charge in [-0.05, 0) is 48.6 Å². The van der Waals surface area contributed by atoms with Crippen LogP contribution in [0.1, 0.15) is 62.6 Å². The van der Waals surface area contributed by atoms with E-state index in [1.54, 1.807) is 0 Å². The molecule has 1 aromatic carbocycles. The molecule has 1 aliphatic rings. The van der Waals surface area contributed by atoms with E-state index in [9.17, 15) is 13.2 Å². The van der Waals surface area contributed by atoms with Gasteiger partial charge in [-0.2, -0.15) is 13.2 Å². The van der Waals surface area contributed by atoms with Crippen LogP contribution < -0.4 is 5.73 Å². The van der Waals surface area contributed by atoms with Gasteiger partial charge in [0.15, 0.2) is 0 Å². The van der Waals surface area contributed by atoms with Crippen LogP contribution >= 0.6 is 0 Å². The minimum absolute atomic E-state index is 0.152. The van der Waals surface area contributed by atoms with Crippen LogP contribution in [0.3, 0.4) is 0 Å². The van der Waals surface area contributed by atoms with Crippen molar-refractivity contribution >= 4 is 0 Å². The Morgan fingerprint density at radius 1 is 0.952 bits per heavy atom. The van der Waals surface area contributed by atoms with Crippen LogP contribution in [0.25, 0.3) is 0 Å². The van der Waals surface area contributed by atoms with E-state index in [0.717, 1.165) is 5.56 Å². The third kappa shape index (κ3) is 4.00. The number of nitrogens with two attached hydrogens (primary N) is 1. The molecule has 1 aromatic rings. The molecular weight excluding hydrogens is 275 g/mol. The number of benzene rings is 1. The fourth-order valence-electron chi connectivity index (χ4n) is 3.18. The summed E-state index contributed by atoms with van der Waals surface area (Å²) in [5.74, 6) is -0.504. The lowest BCUT2D eigenvalue weighted by atomic mass is 9.76. The lowest BCUT2D eigenvalue weighted by molar-refractivity contribution is -0.184. The quantitative estimate of drug-likeness (QED) is 0.817. The van der Waals surface area contributed by atoms with Gasteiger partial charge in [-0.3, -0.25) is 0 Å². The van der Waals surface area contributed by atoms with Gasteiger partial charge < -0.3 is 5.73 Å². The van der Waals surface area contributed by atoms with Gasteiger partial charge in [-0.15, -0.1) is 0 Å². The van der Waals surface area contributed by atoms with Crippen LogP contribution in [0.4, 0.5) is 13.2 Å². The molecule has 1 unspecified atom stereocenters. The first-order valence-electron chi connectivity index (χ1n) is 7.71. The smallest absolute Gasteiger partial charge is 0.324 e. The Labute approximate surface area is 124 Å². The fourth-order valence-corrected chi connectivity index (χ4v) is 3.18. The Morgan fingerprint density at radius 3 is 1.86 bits per heavy atom. The van der Waals surface area contributed by atoms with E-state index in [-0.39, 0.29) is 24.8 Å². The van der Waals surface area contributed by atoms with Crippen LogP contribution in [-0.4, -0.2) is 6.18 Å². The Morgan fingerprint density at radius 2 is 1.43 bits per heavy atom. The zero-order valence-corrected chi connectivity index (χ0v) is 12.7. The van der Waals surface area contributed by atoms with Crippen LogP contribution in [0.15, 0.2) is 24.3 Å². The average molecular weight is 299 g/mol. The lowest BCUT2D eigenvalue weighted by Gasteiger charge is -2.33. The summed E-state index contributed by atoms with van der Waals surface area (Å²) in [5, 5.41) is 0. The fraction of sp³-hybridized carbons (Fsp3) is 0.647. The van der Waals surface area contributed by atoms with Gasteiger partial charge in [0.2, 0.25) is 0 Å². The second-order valence-corrected chi connectivity index (χ2v) is 6.50. The molecule has 0 spiro atoms. The van der Waals surface area contributed by atoms with Crippen molar-refractivity contribution < 1.29 is 13.2 Å². The first kappa shape index (κ1) is 16.3. The zero-order chi connectivity index (χ0) is 15.6. The first-order valence-corrected chi connectivity index (χ1v) is 7.71. The first-order chi connectivity index (χ1) is 9.79. The maximum atomic E-state index is 12.7. The Balaban J connectivity index is 1.97. The van der Waals surface area contributed by atoms with Gasteiger partial charge in [-0.1, -0.05) is 38.1 Å². The normalized spacial score (nSPS) is 25.1. The van der Waals surface area contributed by atoms with Crippen molar-refractivity contribution in [2.75, 3.05) is 0 Å². The minimum Gasteiger partial charge on any atom is -0.324 e. The van der Waals surface area contributed by atoms with Crippen molar-refractivity contribution in [2.45, 2.75) is 57.7 Å². The predicted molar refractivity (Wildman–Crippen MR) is 79.0 cm³/mol. The van der Waals surface area contributed by atoms with Crippen LogP contribution in [0.5, 0.6) is 0 Å². The highest BCUT2D eigenvalue weighted by Crippen LogP contribution is 2.42. The molecule has 0 amide bonds. The van der Waals surface area contributed by atoms with E-state index in [2.05, 4.69) is 26.0 Å². The maximum absolute atomic E-state index is 12.7. The molecule has 0 heterocycles. The van der Waals surface area contributed by atoms with Crippen molar-refractivity contribution in [3.63, 3.8) is 0 Å². The molecule has 0 bridgehead atoms. The van der Waals surface area contributed by atoms with Crippen molar-refractivity contribution in [1.29, 1.82) is 0 Å². The highest BCUT2D eigenvalue weighted by atomic mass is 19.4. The van der Waals surface area contributed by atoms with E-state index in [1.165, 1.54) is 5.56 Å². The summed E-state index contributed by atoms with van der Waals surface area (Å²) in [4.78, 5) is 0. The van der Waals surface area contributed by atoms with Crippen LogP contribution in [0, 0.1) is 11.8 Å². The molecule has 2 rings (SSSR count). The van der Waals surface area contributed by atoms with Crippen molar-refractivity contribution in [3.8, 4) is 0 Å². The number of hydrogen-bond donors (Lipinski definition) is 1. The molecule has 1 saturated carbocycles. The summed E-state index contributed by atoms with van der Waals surface area (Å²) in [5.41, 5.74) is 8.56. The Hall–Kier alpha value is -1.03.